The first kappa shape index (κ1) is 25.9. The second-order valence-electron chi connectivity index (χ2n) is 6.48. The molecule has 5 nitrogen and oxygen atoms in total. The van der Waals surface area contributed by atoms with Crippen LogP contribution in [0, 0.1) is 18.3 Å². The fourth-order valence-corrected chi connectivity index (χ4v) is 2.92. The molecule has 0 bridgehead atoms. The maximum absolute atomic E-state index is 13.1. The van der Waals surface area contributed by atoms with Crippen molar-refractivity contribution >= 4 is 23.0 Å². The predicted octanol–water partition coefficient (Wildman–Crippen LogP) is 2.32. The van der Waals surface area contributed by atoms with E-state index in [2.05, 4.69) is 29.4 Å². The Morgan fingerprint density at radius 1 is 1.13 bits per heavy atom. The third-order valence-corrected chi connectivity index (χ3v) is 4.56. The van der Waals surface area contributed by atoms with Gasteiger partial charge in [-0.3, -0.25) is 4.79 Å². The van der Waals surface area contributed by atoms with Crippen LogP contribution in [0.1, 0.15) is 25.0 Å². The Morgan fingerprint density at radius 3 is 2.32 bits per heavy atom. The van der Waals surface area contributed by atoms with Gasteiger partial charge in [0.2, 0.25) is 0 Å². The third kappa shape index (κ3) is 6.66. The van der Waals surface area contributed by atoms with Crippen molar-refractivity contribution in [2.24, 2.45) is 0 Å². The molecule has 0 aliphatic heterocycles. The first-order chi connectivity index (χ1) is 14.2. The number of nitrogens with zero attached hydrogens (tertiary/aromatic N) is 2. The summed E-state index contributed by atoms with van der Waals surface area (Å²) in [6, 6.07) is 12.0. The summed E-state index contributed by atoms with van der Waals surface area (Å²) < 4.78 is 39.3. The summed E-state index contributed by atoms with van der Waals surface area (Å²) >= 11 is 0. The Kier molecular flexibility index (Phi) is 9.41. The van der Waals surface area contributed by atoms with Crippen molar-refractivity contribution in [3.05, 3.63) is 65.4 Å². The van der Waals surface area contributed by atoms with E-state index >= 15 is 0 Å². The smallest absolute Gasteiger partial charge is 0.418 e. The molecule has 0 saturated heterocycles. The number of aryl methyl sites for hydroxylation is 1. The molecule has 2 rings (SSSR count). The number of amides is 1. The van der Waals surface area contributed by atoms with E-state index in [9.17, 15) is 23.2 Å². The molecule has 31 heavy (non-hydrogen) atoms. The molecule has 0 fully saturated rings. The molecule has 2 aromatic rings. The van der Waals surface area contributed by atoms with E-state index in [0.717, 1.165) is 36.5 Å². The van der Waals surface area contributed by atoms with Gasteiger partial charge in [0.15, 0.2) is 0 Å². The van der Waals surface area contributed by atoms with Crippen LogP contribution in [0.15, 0.2) is 54.2 Å². The summed E-state index contributed by atoms with van der Waals surface area (Å²) in [5.74, 6) is -0.931. The van der Waals surface area contributed by atoms with Gasteiger partial charge in [-0.2, -0.15) is 18.4 Å². The molecule has 9 heteroatoms. The average molecular weight is 452 g/mol. The topological polar surface area (TPSA) is 68.2 Å². The molecule has 2 aromatic carbocycles. The van der Waals surface area contributed by atoms with Crippen LogP contribution in [0.4, 0.5) is 30.2 Å². The molecular weight excluding hydrogens is 429 g/mol. The molecule has 0 heterocycles. The van der Waals surface area contributed by atoms with Gasteiger partial charge in [-0.05, 0) is 56.7 Å². The summed E-state index contributed by atoms with van der Waals surface area (Å²) in [6.07, 6.45) is -3.44. The molecule has 0 atom stereocenters. The molecular formula is C22H23ClF3N4O-. The lowest BCUT2D eigenvalue weighted by atomic mass is 10.1. The first-order valence-electron chi connectivity index (χ1n) is 9.41. The summed E-state index contributed by atoms with van der Waals surface area (Å²) in [5.41, 5.74) is 0.897. The van der Waals surface area contributed by atoms with Gasteiger partial charge in [-0.1, -0.05) is 12.1 Å². The number of anilines is 3. The van der Waals surface area contributed by atoms with Crippen LogP contribution >= 0.6 is 0 Å². The van der Waals surface area contributed by atoms with E-state index < -0.39 is 23.3 Å². The molecule has 2 N–H and O–H groups in total. The predicted molar refractivity (Wildman–Crippen MR) is 112 cm³/mol. The summed E-state index contributed by atoms with van der Waals surface area (Å²) in [5, 5.41) is 14.3. The third-order valence-electron chi connectivity index (χ3n) is 4.56. The summed E-state index contributed by atoms with van der Waals surface area (Å²) in [7, 11) is 0. The number of rotatable bonds is 7. The Morgan fingerprint density at radius 2 is 1.77 bits per heavy atom. The number of carbonyl (C=O) groups is 1. The largest absolute Gasteiger partial charge is 1.00 e. The maximum atomic E-state index is 13.1. The zero-order valence-electron chi connectivity index (χ0n) is 17.3. The van der Waals surface area contributed by atoms with E-state index in [-0.39, 0.29) is 18.0 Å². The van der Waals surface area contributed by atoms with Crippen molar-refractivity contribution in [2.75, 3.05) is 28.6 Å². The Bertz CT molecular complexity index is 979. The van der Waals surface area contributed by atoms with Crippen molar-refractivity contribution in [3.8, 4) is 6.07 Å². The number of benzene rings is 2. The van der Waals surface area contributed by atoms with Crippen molar-refractivity contribution in [2.45, 2.75) is 26.9 Å². The van der Waals surface area contributed by atoms with Gasteiger partial charge >= 0.3 is 6.18 Å². The molecule has 0 aliphatic rings. The minimum Gasteiger partial charge on any atom is -1.00 e. The number of hydrogen-bond acceptors (Lipinski definition) is 4. The maximum Gasteiger partial charge on any atom is 0.418 e. The number of carbonyl (C=O) groups excluding carboxylic acids is 1. The average Bonchev–Trinajstić information content (AvgIpc) is 2.70. The Balaban J connectivity index is 0.00000480. The number of hydrogen-bond donors (Lipinski definition) is 2. The molecule has 0 unspecified atom stereocenters. The fraction of sp³-hybridized carbons (Fsp3) is 0.273. The highest BCUT2D eigenvalue weighted by Gasteiger charge is 2.33. The van der Waals surface area contributed by atoms with E-state index in [0.29, 0.717) is 5.69 Å². The molecule has 1 amide bonds. The summed E-state index contributed by atoms with van der Waals surface area (Å²) in [4.78, 5) is 14.5. The second kappa shape index (κ2) is 11.3. The standard InChI is InChI=1S/C22H23F3N4O.ClH/c1-4-29(5-2)17-10-11-19(15(3)12-17)27-14-16(13-26)21(30)28-20-9-7-6-8-18(20)22(23,24)25;/h6-12,14,27H,4-5H2,1-3H3,(H,28,30);1H/p-1/b16-14-;. The number of nitrogens with one attached hydrogen (secondary N) is 2. The van der Waals surface area contributed by atoms with Crippen LogP contribution in [0.5, 0.6) is 0 Å². The van der Waals surface area contributed by atoms with Crippen LogP contribution in [-0.4, -0.2) is 19.0 Å². The molecule has 0 radical (unpaired) electrons. The highest BCUT2D eigenvalue weighted by atomic mass is 35.5. The van der Waals surface area contributed by atoms with Gasteiger partial charge in [0, 0.05) is 30.7 Å². The second-order valence-corrected chi connectivity index (χ2v) is 6.48. The van der Waals surface area contributed by atoms with Crippen molar-refractivity contribution < 1.29 is 30.4 Å². The molecule has 0 aromatic heterocycles. The number of alkyl halides is 3. The van der Waals surface area contributed by atoms with Crippen LogP contribution in [0.2, 0.25) is 0 Å². The molecule has 166 valence electrons. The SMILES string of the molecule is CCN(CC)c1ccc(N/C=C(/C#N)C(=O)Nc2ccccc2C(F)(F)F)c(C)c1.[Cl-]. The number of nitriles is 1. The molecule has 0 saturated carbocycles. The number of para-hydroxylation sites is 1. The van der Waals surface area contributed by atoms with Crippen LogP contribution in [-0.2, 0) is 11.0 Å². The van der Waals surface area contributed by atoms with Gasteiger partial charge in [-0.25, -0.2) is 0 Å². The Labute approximate surface area is 186 Å². The minimum atomic E-state index is -4.62. The number of halogens is 4. The molecule has 0 aliphatic carbocycles. The van der Waals surface area contributed by atoms with Gasteiger partial charge in [0.05, 0.1) is 11.3 Å². The summed E-state index contributed by atoms with van der Waals surface area (Å²) in [6.45, 7) is 7.72. The van der Waals surface area contributed by atoms with Crippen LogP contribution in [0.3, 0.4) is 0 Å². The lowest BCUT2D eigenvalue weighted by Crippen LogP contribution is -3.00. The van der Waals surface area contributed by atoms with Crippen molar-refractivity contribution in [3.63, 3.8) is 0 Å². The van der Waals surface area contributed by atoms with E-state index in [1.807, 2.05) is 25.1 Å². The van der Waals surface area contributed by atoms with Gasteiger partial charge in [0.25, 0.3) is 5.91 Å². The van der Waals surface area contributed by atoms with Crippen molar-refractivity contribution in [1.82, 2.24) is 0 Å². The lowest BCUT2D eigenvalue weighted by Gasteiger charge is -2.22. The minimum absolute atomic E-state index is 0. The fourth-order valence-electron chi connectivity index (χ4n) is 2.92. The highest BCUT2D eigenvalue weighted by molar-refractivity contribution is 6.07. The van der Waals surface area contributed by atoms with Gasteiger partial charge < -0.3 is 27.9 Å². The van der Waals surface area contributed by atoms with E-state index in [4.69, 9.17) is 0 Å². The molecule has 0 spiro atoms. The lowest BCUT2D eigenvalue weighted by molar-refractivity contribution is -0.137. The zero-order chi connectivity index (χ0) is 22.3. The van der Waals surface area contributed by atoms with Crippen LogP contribution < -0.4 is 27.9 Å². The van der Waals surface area contributed by atoms with Crippen molar-refractivity contribution in [1.29, 1.82) is 5.26 Å². The quantitative estimate of drug-likeness (QED) is 0.501. The Hall–Kier alpha value is -3.18. The van der Waals surface area contributed by atoms with Gasteiger partial charge in [0.1, 0.15) is 11.6 Å². The van der Waals surface area contributed by atoms with Crippen LogP contribution in [0.25, 0.3) is 0 Å². The van der Waals surface area contributed by atoms with E-state index in [1.54, 1.807) is 6.07 Å². The normalized spacial score (nSPS) is 11.2. The first-order valence-corrected chi connectivity index (χ1v) is 9.41. The van der Waals surface area contributed by atoms with E-state index in [1.165, 1.54) is 18.3 Å². The van der Waals surface area contributed by atoms with Gasteiger partial charge in [-0.15, -0.1) is 0 Å². The highest BCUT2D eigenvalue weighted by Crippen LogP contribution is 2.34. The zero-order valence-corrected chi connectivity index (χ0v) is 18.1. The monoisotopic (exact) mass is 451 g/mol.